The van der Waals surface area contributed by atoms with Crippen LogP contribution >= 0.6 is 0 Å². The minimum absolute atomic E-state index is 0.328. The maximum atomic E-state index is 6.21. The molecule has 1 N–H and O–H groups in total. The molecule has 0 aromatic heterocycles. The molecule has 1 aromatic rings. The summed E-state index contributed by atoms with van der Waals surface area (Å²) < 4.78 is 6.21. The summed E-state index contributed by atoms with van der Waals surface area (Å²) in [7, 11) is 0. The minimum atomic E-state index is 0.328. The largest absolute Gasteiger partial charge is 0.373 e. The van der Waals surface area contributed by atoms with Gasteiger partial charge in [0.1, 0.15) is 0 Å². The van der Waals surface area contributed by atoms with Crippen LogP contribution in [0.2, 0.25) is 0 Å². The first-order valence-electron chi connectivity index (χ1n) is 9.81. The molecule has 0 radical (unpaired) electrons. The quantitative estimate of drug-likeness (QED) is 0.805. The molecular weight excluding hydrogens is 282 g/mol. The number of rotatable bonds is 3. The molecule has 2 nitrogen and oxygen atoms in total. The van der Waals surface area contributed by atoms with Crippen molar-refractivity contribution in [1.82, 2.24) is 5.32 Å². The lowest BCUT2D eigenvalue weighted by molar-refractivity contribution is -0.0384. The highest BCUT2D eigenvalue weighted by molar-refractivity contribution is 5.18. The molecule has 4 atom stereocenters. The second kappa shape index (κ2) is 7.36. The van der Waals surface area contributed by atoms with Crippen LogP contribution in [0.25, 0.3) is 0 Å². The zero-order chi connectivity index (χ0) is 15.5. The third-order valence-corrected chi connectivity index (χ3v) is 6.37. The van der Waals surface area contributed by atoms with Gasteiger partial charge in [0.05, 0.1) is 12.7 Å². The smallest absolute Gasteiger partial charge is 0.0827 e. The normalized spacial score (nSPS) is 35.7. The predicted molar refractivity (Wildman–Crippen MR) is 94.4 cm³/mol. The maximum Gasteiger partial charge on any atom is 0.0827 e. The van der Waals surface area contributed by atoms with Crippen molar-refractivity contribution < 1.29 is 4.74 Å². The van der Waals surface area contributed by atoms with Gasteiger partial charge in [-0.1, -0.05) is 56.0 Å². The van der Waals surface area contributed by atoms with Crippen LogP contribution in [0.4, 0.5) is 0 Å². The Morgan fingerprint density at radius 3 is 2.30 bits per heavy atom. The molecule has 1 heterocycles. The zero-order valence-electron chi connectivity index (χ0n) is 14.3. The fraction of sp³-hybridized carbons (Fsp3) is 0.714. The number of benzene rings is 1. The van der Waals surface area contributed by atoms with E-state index in [2.05, 4.69) is 35.6 Å². The molecule has 3 fully saturated rings. The fourth-order valence-electron chi connectivity index (χ4n) is 5.10. The molecule has 1 saturated heterocycles. The Morgan fingerprint density at radius 2 is 1.52 bits per heavy atom. The van der Waals surface area contributed by atoms with E-state index in [4.69, 9.17) is 4.74 Å². The fourth-order valence-corrected chi connectivity index (χ4v) is 5.10. The Bertz CT molecular complexity index is 480. The number of fused-ring (bicyclic) bond motifs is 1. The average molecular weight is 313 g/mol. The molecule has 4 rings (SSSR count). The molecule has 2 saturated carbocycles. The molecule has 1 aromatic carbocycles. The van der Waals surface area contributed by atoms with Gasteiger partial charge in [0.25, 0.3) is 0 Å². The molecule has 3 aliphatic rings. The Hall–Kier alpha value is -0.860. The van der Waals surface area contributed by atoms with Crippen molar-refractivity contribution in [3.63, 3.8) is 0 Å². The second-order valence-corrected chi connectivity index (χ2v) is 8.01. The number of hydrogen-bond donors (Lipinski definition) is 1. The van der Waals surface area contributed by atoms with Crippen LogP contribution in [0.5, 0.6) is 0 Å². The number of nitrogens with one attached hydrogen (secondary N) is 1. The molecule has 0 unspecified atom stereocenters. The average Bonchev–Trinajstić information content (AvgIpc) is 2.81. The number of hydrogen-bond acceptors (Lipinski definition) is 2. The Kier molecular flexibility index (Phi) is 5.01. The summed E-state index contributed by atoms with van der Waals surface area (Å²) in [6, 6.07) is 12.3. The highest BCUT2D eigenvalue weighted by Crippen LogP contribution is 2.44. The van der Waals surface area contributed by atoms with Crippen LogP contribution in [-0.4, -0.2) is 18.7 Å². The van der Waals surface area contributed by atoms with Crippen LogP contribution < -0.4 is 5.32 Å². The van der Waals surface area contributed by atoms with E-state index in [1.54, 1.807) is 0 Å². The van der Waals surface area contributed by atoms with Crippen LogP contribution in [-0.2, 0) is 4.74 Å². The van der Waals surface area contributed by atoms with Gasteiger partial charge in [0, 0.05) is 12.1 Å². The zero-order valence-corrected chi connectivity index (χ0v) is 14.3. The van der Waals surface area contributed by atoms with E-state index in [0.29, 0.717) is 6.10 Å². The van der Waals surface area contributed by atoms with E-state index in [0.717, 1.165) is 30.5 Å². The van der Waals surface area contributed by atoms with Gasteiger partial charge in [-0.05, 0) is 49.5 Å². The predicted octanol–water partition coefficient (Wildman–Crippen LogP) is 4.86. The van der Waals surface area contributed by atoms with E-state index in [9.17, 15) is 0 Å². The third kappa shape index (κ3) is 3.80. The van der Waals surface area contributed by atoms with Crippen molar-refractivity contribution in [1.29, 1.82) is 0 Å². The Labute approximate surface area is 141 Å². The monoisotopic (exact) mass is 313 g/mol. The maximum absolute atomic E-state index is 6.21. The van der Waals surface area contributed by atoms with Gasteiger partial charge in [0.2, 0.25) is 0 Å². The summed E-state index contributed by atoms with van der Waals surface area (Å²) in [5, 5.41) is 4.01. The highest BCUT2D eigenvalue weighted by Gasteiger charge is 2.40. The van der Waals surface area contributed by atoms with Crippen molar-refractivity contribution in [3.8, 4) is 0 Å². The molecule has 0 spiro atoms. The van der Waals surface area contributed by atoms with Gasteiger partial charge in [-0.3, -0.25) is 0 Å². The van der Waals surface area contributed by atoms with Crippen molar-refractivity contribution in [2.75, 3.05) is 6.61 Å². The van der Waals surface area contributed by atoms with E-state index in [-0.39, 0.29) is 0 Å². The molecule has 0 bridgehead atoms. The highest BCUT2D eigenvalue weighted by atomic mass is 16.5. The van der Waals surface area contributed by atoms with Crippen LogP contribution in [0.3, 0.4) is 0 Å². The molecular formula is C21H31NO. The van der Waals surface area contributed by atoms with Crippen molar-refractivity contribution in [2.24, 2.45) is 11.8 Å². The Balaban J connectivity index is 1.32. The summed E-state index contributed by atoms with van der Waals surface area (Å²) in [6.45, 7) is 0.965. The van der Waals surface area contributed by atoms with Gasteiger partial charge in [0.15, 0.2) is 0 Å². The van der Waals surface area contributed by atoms with Gasteiger partial charge >= 0.3 is 0 Å². The topological polar surface area (TPSA) is 21.3 Å². The van der Waals surface area contributed by atoms with Crippen LogP contribution in [0, 0.1) is 11.8 Å². The molecule has 23 heavy (non-hydrogen) atoms. The summed E-state index contributed by atoms with van der Waals surface area (Å²) in [4.78, 5) is 0. The second-order valence-electron chi connectivity index (χ2n) is 8.01. The van der Waals surface area contributed by atoms with Crippen molar-refractivity contribution in [3.05, 3.63) is 35.9 Å². The van der Waals surface area contributed by atoms with Crippen LogP contribution in [0.15, 0.2) is 30.3 Å². The summed E-state index contributed by atoms with van der Waals surface area (Å²) in [6.07, 6.45) is 12.8. The summed E-state index contributed by atoms with van der Waals surface area (Å²) >= 11 is 0. The first-order valence-corrected chi connectivity index (χ1v) is 9.81. The molecule has 2 heteroatoms. The third-order valence-electron chi connectivity index (χ3n) is 6.37. The van der Waals surface area contributed by atoms with Crippen molar-refractivity contribution in [2.45, 2.75) is 76.0 Å². The first-order chi connectivity index (χ1) is 11.4. The van der Waals surface area contributed by atoms with Crippen molar-refractivity contribution >= 4 is 0 Å². The van der Waals surface area contributed by atoms with Gasteiger partial charge in [-0.25, -0.2) is 0 Å². The molecule has 126 valence electrons. The van der Waals surface area contributed by atoms with E-state index in [1.807, 2.05) is 0 Å². The molecule has 2 aliphatic carbocycles. The lowest BCUT2D eigenvalue weighted by Crippen LogP contribution is -2.36. The molecule has 1 aliphatic heterocycles. The van der Waals surface area contributed by atoms with Crippen LogP contribution in [0.1, 0.15) is 69.5 Å². The van der Waals surface area contributed by atoms with E-state index >= 15 is 0 Å². The standard InChI is InChI=1S/C21H31NO/c1-2-7-11-19(10-6-1)22-20-12-17-14-21(23-15-18(17)13-20)16-8-4-3-5-9-16/h3-5,8-9,17-22H,1-2,6-7,10-15H2/t17-,18+,20-,21-/m0/s1. The van der Waals surface area contributed by atoms with E-state index < -0.39 is 0 Å². The summed E-state index contributed by atoms with van der Waals surface area (Å²) in [5.41, 5.74) is 1.37. The minimum Gasteiger partial charge on any atom is -0.373 e. The summed E-state index contributed by atoms with van der Waals surface area (Å²) in [5.74, 6) is 1.65. The van der Waals surface area contributed by atoms with Gasteiger partial charge in [-0.15, -0.1) is 0 Å². The first kappa shape index (κ1) is 15.7. The SMILES string of the molecule is c1ccc([C@@H]2C[C@@H]3C[C@H](NC4CCCCCC4)C[C@@H]3CO2)cc1. The van der Waals surface area contributed by atoms with Gasteiger partial charge < -0.3 is 10.1 Å². The Morgan fingerprint density at radius 1 is 0.783 bits per heavy atom. The molecule has 0 amide bonds. The van der Waals surface area contributed by atoms with E-state index in [1.165, 1.54) is 63.4 Å². The lowest BCUT2D eigenvalue weighted by Gasteiger charge is -2.32. The lowest BCUT2D eigenvalue weighted by atomic mass is 9.86. The van der Waals surface area contributed by atoms with Gasteiger partial charge in [-0.2, -0.15) is 0 Å². The number of ether oxygens (including phenoxy) is 1.